The number of carbonyl (C=O) groups excluding carboxylic acids is 1. The predicted molar refractivity (Wildman–Crippen MR) is 79.3 cm³/mol. The van der Waals surface area contributed by atoms with E-state index in [9.17, 15) is 9.18 Å². The smallest absolute Gasteiger partial charge is 0.273 e. The van der Waals surface area contributed by atoms with Crippen LogP contribution in [-0.2, 0) is 6.54 Å². The van der Waals surface area contributed by atoms with Crippen molar-refractivity contribution >= 4 is 5.91 Å². The molecule has 1 amide bonds. The number of carbonyl (C=O) groups is 1. The first-order valence-electron chi connectivity index (χ1n) is 7.51. The topological polar surface area (TPSA) is 94.1 Å². The highest BCUT2D eigenvalue weighted by Gasteiger charge is 2.29. The van der Waals surface area contributed by atoms with Crippen molar-refractivity contribution in [3.63, 3.8) is 0 Å². The van der Waals surface area contributed by atoms with Crippen molar-refractivity contribution < 1.29 is 18.1 Å². The third kappa shape index (κ3) is 3.03. The van der Waals surface area contributed by atoms with Crippen molar-refractivity contribution in [3.8, 4) is 11.5 Å². The van der Waals surface area contributed by atoms with Gasteiger partial charge < -0.3 is 14.3 Å². The van der Waals surface area contributed by atoms with Gasteiger partial charge in [0.2, 0.25) is 0 Å². The Morgan fingerprint density at radius 3 is 2.79 bits per heavy atom. The number of benzene rings is 1. The van der Waals surface area contributed by atoms with Crippen LogP contribution in [0.4, 0.5) is 4.39 Å². The summed E-state index contributed by atoms with van der Waals surface area (Å²) in [6, 6.07) is 5.70. The lowest BCUT2D eigenvalue weighted by Crippen LogP contribution is -2.23. The molecule has 2 aromatic heterocycles. The van der Waals surface area contributed by atoms with E-state index < -0.39 is 0 Å². The molecule has 3 aromatic rings. The normalized spacial score (nSPS) is 13.9. The van der Waals surface area contributed by atoms with Crippen LogP contribution in [-0.4, -0.2) is 21.0 Å². The summed E-state index contributed by atoms with van der Waals surface area (Å²) in [6.07, 6.45) is 3.45. The van der Waals surface area contributed by atoms with E-state index in [0.717, 1.165) is 12.8 Å². The average molecular weight is 328 g/mol. The lowest BCUT2D eigenvalue weighted by molar-refractivity contribution is 0.0944. The van der Waals surface area contributed by atoms with Gasteiger partial charge in [-0.05, 0) is 37.1 Å². The molecule has 0 unspecified atom stereocenters. The minimum atomic E-state index is -0.362. The van der Waals surface area contributed by atoms with E-state index in [1.165, 1.54) is 18.4 Å². The van der Waals surface area contributed by atoms with E-state index >= 15 is 0 Å². The molecule has 0 atom stereocenters. The number of hydrogen-bond acceptors (Lipinski definition) is 6. The third-order valence-electron chi connectivity index (χ3n) is 3.65. The average Bonchev–Trinajstić information content (AvgIpc) is 3.13. The van der Waals surface area contributed by atoms with Crippen LogP contribution < -0.4 is 5.32 Å². The Balaban J connectivity index is 1.38. The number of hydrogen-bond donors (Lipinski definition) is 1. The van der Waals surface area contributed by atoms with Gasteiger partial charge in [0.15, 0.2) is 17.4 Å². The molecular formula is C16H13FN4O3. The van der Waals surface area contributed by atoms with Gasteiger partial charge in [0.1, 0.15) is 12.1 Å². The Morgan fingerprint density at radius 2 is 2.04 bits per heavy atom. The van der Waals surface area contributed by atoms with Gasteiger partial charge >= 0.3 is 0 Å². The zero-order valence-electron chi connectivity index (χ0n) is 12.5. The lowest BCUT2D eigenvalue weighted by Gasteiger charge is -1.97. The molecule has 1 aliphatic rings. The van der Waals surface area contributed by atoms with Crippen LogP contribution in [0.15, 0.2) is 39.5 Å². The molecule has 0 aliphatic heterocycles. The molecule has 0 bridgehead atoms. The van der Waals surface area contributed by atoms with E-state index in [2.05, 4.69) is 20.4 Å². The summed E-state index contributed by atoms with van der Waals surface area (Å²) in [4.78, 5) is 20.4. The Bertz CT molecular complexity index is 868. The molecule has 4 rings (SSSR count). The summed E-state index contributed by atoms with van der Waals surface area (Å²) in [7, 11) is 0. The Labute approximate surface area is 135 Å². The Morgan fingerprint density at radius 1 is 1.25 bits per heavy atom. The lowest BCUT2D eigenvalue weighted by atomic mass is 10.2. The van der Waals surface area contributed by atoms with Crippen LogP contribution in [0.3, 0.4) is 0 Å². The molecule has 0 spiro atoms. The number of rotatable bonds is 5. The van der Waals surface area contributed by atoms with Crippen LogP contribution in [0.5, 0.6) is 0 Å². The van der Waals surface area contributed by atoms with Gasteiger partial charge in [-0.2, -0.15) is 4.98 Å². The van der Waals surface area contributed by atoms with Crippen molar-refractivity contribution in [2.24, 2.45) is 0 Å². The van der Waals surface area contributed by atoms with Gasteiger partial charge in [-0.3, -0.25) is 4.79 Å². The van der Waals surface area contributed by atoms with Crippen LogP contribution in [0.25, 0.3) is 11.5 Å². The largest absolute Gasteiger partial charge is 0.448 e. The van der Waals surface area contributed by atoms with E-state index in [0.29, 0.717) is 23.2 Å². The van der Waals surface area contributed by atoms with Crippen molar-refractivity contribution in [1.29, 1.82) is 0 Å². The highest BCUT2D eigenvalue weighted by molar-refractivity contribution is 5.91. The van der Waals surface area contributed by atoms with Crippen molar-refractivity contribution in [2.45, 2.75) is 25.3 Å². The number of halogens is 1. The van der Waals surface area contributed by atoms with Crippen molar-refractivity contribution in [1.82, 2.24) is 20.4 Å². The van der Waals surface area contributed by atoms with Gasteiger partial charge in [0.05, 0.1) is 6.54 Å². The van der Waals surface area contributed by atoms with E-state index in [-0.39, 0.29) is 29.9 Å². The minimum absolute atomic E-state index is 0.0924. The SMILES string of the molecule is O=C(NCc1noc(-c2ccc(F)cc2)n1)c1coc(C2CC2)n1. The predicted octanol–water partition coefficient (Wildman–Crippen LogP) is 2.67. The zero-order chi connectivity index (χ0) is 16.5. The summed E-state index contributed by atoms with van der Waals surface area (Å²) in [5.74, 6) is 0.827. The molecule has 1 aliphatic carbocycles. The molecule has 122 valence electrons. The highest BCUT2D eigenvalue weighted by atomic mass is 19.1. The van der Waals surface area contributed by atoms with Gasteiger partial charge in [0.25, 0.3) is 11.8 Å². The molecular weight excluding hydrogens is 315 g/mol. The first kappa shape index (κ1) is 14.6. The first-order chi connectivity index (χ1) is 11.7. The zero-order valence-corrected chi connectivity index (χ0v) is 12.5. The molecule has 2 heterocycles. The molecule has 1 fully saturated rings. The van der Waals surface area contributed by atoms with Crippen LogP contribution >= 0.6 is 0 Å². The fourth-order valence-corrected chi connectivity index (χ4v) is 2.20. The van der Waals surface area contributed by atoms with E-state index in [4.69, 9.17) is 8.94 Å². The van der Waals surface area contributed by atoms with Crippen LogP contribution in [0.1, 0.15) is 41.0 Å². The van der Waals surface area contributed by atoms with Crippen LogP contribution in [0, 0.1) is 5.82 Å². The summed E-state index contributed by atoms with van der Waals surface area (Å²) >= 11 is 0. The number of nitrogens with one attached hydrogen (secondary N) is 1. The number of nitrogens with zero attached hydrogens (tertiary/aromatic N) is 3. The van der Waals surface area contributed by atoms with Crippen LogP contribution in [0.2, 0.25) is 0 Å². The maximum absolute atomic E-state index is 12.9. The van der Waals surface area contributed by atoms with Crippen molar-refractivity contribution in [2.75, 3.05) is 0 Å². The van der Waals surface area contributed by atoms with E-state index in [1.54, 1.807) is 12.1 Å². The quantitative estimate of drug-likeness (QED) is 0.774. The second-order valence-corrected chi connectivity index (χ2v) is 5.55. The fraction of sp³-hybridized carbons (Fsp3) is 0.250. The maximum atomic E-state index is 12.9. The fourth-order valence-electron chi connectivity index (χ4n) is 2.20. The molecule has 1 N–H and O–H groups in total. The summed E-state index contributed by atoms with van der Waals surface area (Å²) in [5.41, 5.74) is 0.839. The molecule has 8 heteroatoms. The second kappa shape index (κ2) is 5.88. The number of amides is 1. The summed E-state index contributed by atoms with van der Waals surface area (Å²) in [6.45, 7) is 0.0924. The highest BCUT2D eigenvalue weighted by Crippen LogP contribution is 2.39. The second-order valence-electron chi connectivity index (χ2n) is 5.55. The van der Waals surface area contributed by atoms with Gasteiger partial charge in [-0.15, -0.1) is 0 Å². The van der Waals surface area contributed by atoms with Gasteiger partial charge in [-0.25, -0.2) is 9.37 Å². The first-order valence-corrected chi connectivity index (χ1v) is 7.51. The van der Waals surface area contributed by atoms with E-state index in [1.807, 2.05) is 0 Å². The molecule has 0 saturated heterocycles. The summed E-state index contributed by atoms with van der Waals surface area (Å²) in [5, 5.41) is 6.44. The van der Waals surface area contributed by atoms with Crippen molar-refractivity contribution in [3.05, 3.63) is 53.8 Å². The third-order valence-corrected chi connectivity index (χ3v) is 3.65. The number of oxazole rings is 1. The summed E-state index contributed by atoms with van der Waals surface area (Å²) < 4.78 is 23.3. The van der Waals surface area contributed by atoms with Gasteiger partial charge in [-0.1, -0.05) is 5.16 Å². The molecule has 0 radical (unpaired) electrons. The number of aromatic nitrogens is 3. The molecule has 1 saturated carbocycles. The molecule has 24 heavy (non-hydrogen) atoms. The maximum Gasteiger partial charge on any atom is 0.273 e. The molecule has 1 aromatic carbocycles. The Hall–Kier alpha value is -3.03. The minimum Gasteiger partial charge on any atom is -0.448 e. The molecule has 7 nitrogen and oxygen atoms in total. The monoisotopic (exact) mass is 328 g/mol. The van der Waals surface area contributed by atoms with Gasteiger partial charge in [0, 0.05) is 11.5 Å². The standard InChI is InChI=1S/C16H13FN4O3/c17-11-5-3-10(4-6-11)16-20-13(21-24-16)7-18-14(22)12-8-23-15(19-12)9-1-2-9/h3-6,8-9H,1-2,7H2,(H,18,22). The Kier molecular flexibility index (Phi) is 3.56.